The first-order valence-electron chi connectivity index (χ1n) is 16.8. The summed E-state index contributed by atoms with van der Waals surface area (Å²) in [6.07, 6.45) is 3.14. The van der Waals surface area contributed by atoms with Gasteiger partial charge in [-0.1, -0.05) is 34.6 Å². The van der Waals surface area contributed by atoms with Crippen LogP contribution in [0.2, 0.25) is 0 Å². The van der Waals surface area contributed by atoms with Gasteiger partial charge in [0, 0.05) is 31.8 Å². The summed E-state index contributed by atoms with van der Waals surface area (Å²) in [5.41, 5.74) is -2.43. The van der Waals surface area contributed by atoms with Gasteiger partial charge < -0.3 is 44.1 Å². The average Bonchev–Trinajstić information content (AvgIpc) is 2.97. The summed E-state index contributed by atoms with van der Waals surface area (Å²) in [6.45, 7) is 23.3. The van der Waals surface area contributed by atoms with Crippen LogP contribution in [0.5, 0.6) is 0 Å². The zero-order valence-electron chi connectivity index (χ0n) is 29.6. The van der Waals surface area contributed by atoms with Gasteiger partial charge in [0.1, 0.15) is 0 Å². The highest BCUT2D eigenvalue weighted by Crippen LogP contribution is 2.35. The minimum atomic E-state index is -0.875. The summed E-state index contributed by atoms with van der Waals surface area (Å²) < 4.78 is 31.6. The van der Waals surface area contributed by atoms with Gasteiger partial charge in [-0.25, -0.2) is 0 Å². The molecule has 4 N–H and O–H groups in total. The molecule has 0 heterocycles. The highest BCUT2D eigenvalue weighted by molar-refractivity contribution is 4.89. The molecule has 260 valence electrons. The van der Waals surface area contributed by atoms with Crippen LogP contribution in [-0.4, -0.2) is 107 Å². The summed E-state index contributed by atoms with van der Waals surface area (Å²) in [5.74, 6) is -0.234. The van der Waals surface area contributed by atoms with Crippen LogP contribution in [0, 0.1) is 5.92 Å². The molecular formula is C34H70O9. The van der Waals surface area contributed by atoms with Gasteiger partial charge in [-0.05, 0) is 73.6 Å². The first-order valence-corrected chi connectivity index (χ1v) is 16.8. The fraction of sp³-hybridized carbons (Fsp3) is 1.00. The van der Waals surface area contributed by atoms with Gasteiger partial charge in [0.05, 0.1) is 79.9 Å². The third-order valence-electron chi connectivity index (χ3n) is 9.08. The third kappa shape index (κ3) is 16.7. The molecule has 0 aliphatic rings. The van der Waals surface area contributed by atoms with Gasteiger partial charge in [0.15, 0.2) is 0 Å². The van der Waals surface area contributed by atoms with Gasteiger partial charge in [0.2, 0.25) is 0 Å². The molecular weight excluding hydrogens is 552 g/mol. The van der Waals surface area contributed by atoms with Gasteiger partial charge >= 0.3 is 0 Å². The number of hydrogen-bond acceptors (Lipinski definition) is 9. The minimum absolute atomic E-state index is 0.0847. The van der Waals surface area contributed by atoms with Gasteiger partial charge in [0.25, 0.3) is 0 Å². The SMILES string of the molecule is CCCOC(C)(C)CC(CO)OC(C)(CC)C(COC(C)(CC)CC(O)CO)COC(C)(CC)CC(O)COC(C)CC. The molecule has 8 atom stereocenters. The van der Waals surface area contributed by atoms with E-state index in [-0.39, 0.29) is 31.8 Å². The third-order valence-corrected chi connectivity index (χ3v) is 9.08. The van der Waals surface area contributed by atoms with E-state index >= 15 is 0 Å². The smallest absolute Gasteiger partial charge is 0.0840 e. The van der Waals surface area contributed by atoms with Crippen LogP contribution in [0.1, 0.15) is 128 Å². The van der Waals surface area contributed by atoms with Crippen molar-refractivity contribution in [3.8, 4) is 0 Å². The molecule has 0 saturated carbocycles. The van der Waals surface area contributed by atoms with E-state index in [0.717, 1.165) is 12.8 Å². The van der Waals surface area contributed by atoms with Crippen LogP contribution in [0.15, 0.2) is 0 Å². The maximum atomic E-state index is 10.8. The highest BCUT2D eigenvalue weighted by atomic mass is 16.5. The van der Waals surface area contributed by atoms with Crippen molar-refractivity contribution in [2.24, 2.45) is 5.92 Å². The second-order valence-corrected chi connectivity index (χ2v) is 13.8. The molecule has 0 aromatic rings. The van der Waals surface area contributed by atoms with Crippen LogP contribution in [0.4, 0.5) is 0 Å². The van der Waals surface area contributed by atoms with Crippen LogP contribution < -0.4 is 0 Å². The van der Waals surface area contributed by atoms with Crippen molar-refractivity contribution >= 4 is 0 Å². The first kappa shape index (κ1) is 42.6. The maximum absolute atomic E-state index is 10.8. The predicted octanol–water partition coefficient (Wildman–Crippen LogP) is 5.42. The Morgan fingerprint density at radius 3 is 1.60 bits per heavy atom. The van der Waals surface area contributed by atoms with Gasteiger partial charge in [-0.2, -0.15) is 0 Å². The van der Waals surface area contributed by atoms with Crippen LogP contribution >= 0.6 is 0 Å². The molecule has 0 amide bonds. The lowest BCUT2D eigenvalue weighted by atomic mass is 9.85. The lowest BCUT2D eigenvalue weighted by Crippen LogP contribution is -2.50. The first-order chi connectivity index (χ1) is 20.0. The molecule has 0 saturated heterocycles. The van der Waals surface area contributed by atoms with Crippen molar-refractivity contribution in [1.29, 1.82) is 0 Å². The molecule has 0 aliphatic heterocycles. The molecule has 9 nitrogen and oxygen atoms in total. The van der Waals surface area contributed by atoms with Crippen LogP contribution in [0.3, 0.4) is 0 Å². The summed E-state index contributed by atoms with van der Waals surface area (Å²) in [4.78, 5) is 0. The van der Waals surface area contributed by atoms with Crippen molar-refractivity contribution < 1.29 is 44.1 Å². The molecule has 0 bridgehead atoms. The Bertz CT molecular complexity index is 707. The van der Waals surface area contributed by atoms with Crippen LogP contribution in [-0.2, 0) is 23.7 Å². The summed E-state index contributed by atoms with van der Waals surface area (Å²) >= 11 is 0. The Morgan fingerprint density at radius 2 is 1.19 bits per heavy atom. The van der Waals surface area contributed by atoms with E-state index in [4.69, 9.17) is 23.7 Å². The van der Waals surface area contributed by atoms with E-state index in [1.807, 2.05) is 55.4 Å². The van der Waals surface area contributed by atoms with E-state index in [1.165, 1.54) is 0 Å². The van der Waals surface area contributed by atoms with Crippen molar-refractivity contribution in [2.45, 2.75) is 174 Å². The van der Waals surface area contributed by atoms with Gasteiger partial charge in [-0.15, -0.1) is 0 Å². The number of aliphatic hydroxyl groups excluding tert-OH is 4. The maximum Gasteiger partial charge on any atom is 0.0840 e. The second-order valence-electron chi connectivity index (χ2n) is 13.8. The topological polar surface area (TPSA) is 127 Å². The molecule has 9 heteroatoms. The molecule has 0 aromatic heterocycles. The standard InChI is InChI=1S/C34H70O9/c1-12-17-40-31(7,8)20-30(22-36)43-34(11,16-5)27(23-41-32(9,14-3)18-28(37)21-35)24-42-33(10,15-4)19-29(38)25-39-26(6)13-2/h26-30,35-38H,12-25H2,1-11H3. The fourth-order valence-electron chi connectivity index (χ4n) is 5.11. The van der Waals surface area contributed by atoms with Crippen molar-refractivity contribution in [1.82, 2.24) is 0 Å². The van der Waals surface area contributed by atoms with Crippen LogP contribution in [0.25, 0.3) is 0 Å². The minimum Gasteiger partial charge on any atom is -0.394 e. The molecule has 43 heavy (non-hydrogen) atoms. The zero-order chi connectivity index (χ0) is 33.3. The Hall–Kier alpha value is -0.360. The number of rotatable bonds is 27. The molecule has 0 aromatic carbocycles. The predicted molar refractivity (Wildman–Crippen MR) is 172 cm³/mol. The quantitative estimate of drug-likeness (QED) is 0.0949. The van der Waals surface area contributed by atoms with E-state index in [2.05, 4.69) is 20.8 Å². The fourth-order valence-corrected chi connectivity index (χ4v) is 5.11. The van der Waals surface area contributed by atoms with Crippen molar-refractivity contribution in [3.63, 3.8) is 0 Å². The molecule has 0 aliphatic carbocycles. The van der Waals surface area contributed by atoms with E-state index in [0.29, 0.717) is 58.3 Å². The molecule has 0 spiro atoms. The van der Waals surface area contributed by atoms with Crippen molar-refractivity contribution in [3.05, 3.63) is 0 Å². The Balaban J connectivity index is 6.04. The largest absolute Gasteiger partial charge is 0.394 e. The lowest BCUT2D eigenvalue weighted by Gasteiger charge is -2.44. The molecule has 0 radical (unpaired) electrons. The van der Waals surface area contributed by atoms with E-state index < -0.39 is 40.7 Å². The monoisotopic (exact) mass is 623 g/mol. The Labute approximate surface area is 264 Å². The Kier molecular flexibility index (Phi) is 20.5. The number of ether oxygens (including phenoxy) is 5. The van der Waals surface area contributed by atoms with Gasteiger partial charge in [-0.3, -0.25) is 0 Å². The van der Waals surface area contributed by atoms with E-state index in [1.54, 1.807) is 0 Å². The molecule has 0 rings (SSSR count). The zero-order valence-corrected chi connectivity index (χ0v) is 29.6. The summed E-state index contributed by atoms with van der Waals surface area (Å²) in [5, 5.41) is 40.8. The second kappa shape index (κ2) is 20.7. The highest BCUT2D eigenvalue weighted by Gasteiger charge is 2.41. The average molecular weight is 623 g/mol. The molecule has 8 unspecified atom stereocenters. The van der Waals surface area contributed by atoms with E-state index in [9.17, 15) is 20.4 Å². The molecule has 0 fully saturated rings. The normalized spacial score (nSPS) is 20.4. The summed E-state index contributed by atoms with van der Waals surface area (Å²) in [7, 11) is 0. The number of aliphatic hydroxyl groups is 4. The van der Waals surface area contributed by atoms with Crippen molar-refractivity contribution in [2.75, 3.05) is 39.6 Å². The number of hydrogen-bond donors (Lipinski definition) is 4. The lowest BCUT2D eigenvalue weighted by molar-refractivity contribution is -0.198. The Morgan fingerprint density at radius 1 is 0.651 bits per heavy atom. The summed E-state index contributed by atoms with van der Waals surface area (Å²) in [6, 6.07) is 0.